The van der Waals surface area contributed by atoms with Crippen molar-refractivity contribution >= 4 is 11.8 Å². The third-order valence-corrected chi connectivity index (χ3v) is 2.67. The Kier molecular flexibility index (Phi) is 5.15. The first-order valence-electron chi connectivity index (χ1n) is 6.58. The van der Waals surface area contributed by atoms with Gasteiger partial charge in [-0.05, 0) is 36.8 Å². The van der Waals surface area contributed by atoms with E-state index >= 15 is 0 Å². The second-order valence-electron chi connectivity index (χ2n) is 4.29. The van der Waals surface area contributed by atoms with Crippen LogP contribution in [0.25, 0.3) is 0 Å². The first-order chi connectivity index (χ1) is 10.2. The SMILES string of the molecule is CCOC(=O)Nc1cccc(OCc2ccc(F)cc2)c1. The van der Waals surface area contributed by atoms with Gasteiger partial charge in [-0.1, -0.05) is 18.2 Å². The fraction of sp³-hybridized carbons (Fsp3) is 0.188. The molecule has 110 valence electrons. The molecule has 0 radical (unpaired) electrons. The summed E-state index contributed by atoms with van der Waals surface area (Å²) in [7, 11) is 0. The molecule has 4 nitrogen and oxygen atoms in total. The number of carbonyl (C=O) groups is 1. The summed E-state index contributed by atoms with van der Waals surface area (Å²) in [6, 6.07) is 13.1. The van der Waals surface area contributed by atoms with Gasteiger partial charge < -0.3 is 9.47 Å². The van der Waals surface area contributed by atoms with Gasteiger partial charge in [-0.25, -0.2) is 9.18 Å². The van der Waals surface area contributed by atoms with E-state index in [4.69, 9.17) is 9.47 Å². The lowest BCUT2D eigenvalue weighted by atomic mass is 10.2. The Morgan fingerprint density at radius 3 is 2.67 bits per heavy atom. The standard InChI is InChI=1S/C16H16FNO3/c1-2-20-16(19)18-14-4-3-5-15(10-14)21-11-12-6-8-13(17)9-7-12/h3-10H,2,11H2,1H3,(H,18,19). The Morgan fingerprint density at radius 2 is 1.95 bits per heavy atom. The minimum absolute atomic E-state index is 0.278. The molecule has 0 spiro atoms. The largest absolute Gasteiger partial charge is 0.489 e. The summed E-state index contributed by atoms with van der Waals surface area (Å²) in [6.07, 6.45) is -0.506. The average molecular weight is 289 g/mol. The van der Waals surface area contributed by atoms with Gasteiger partial charge in [-0.3, -0.25) is 5.32 Å². The Hall–Kier alpha value is -2.56. The Labute approximate surface area is 122 Å². The lowest BCUT2D eigenvalue weighted by Crippen LogP contribution is -2.13. The van der Waals surface area contributed by atoms with Crippen LogP contribution in [-0.2, 0) is 11.3 Å². The second kappa shape index (κ2) is 7.28. The van der Waals surface area contributed by atoms with Gasteiger partial charge in [0.1, 0.15) is 18.2 Å². The third kappa shape index (κ3) is 4.80. The minimum Gasteiger partial charge on any atom is -0.489 e. The highest BCUT2D eigenvalue weighted by molar-refractivity contribution is 5.84. The highest BCUT2D eigenvalue weighted by Gasteiger charge is 2.03. The van der Waals surface area contributed by atoms with Crippen LogP contribution in [0.1, 0.15) is 12.5 Å². The summed E-state index contributed by atoms with van der Waals surface area (Å²) >= 11 is 0. The van der Waals surface area contributed by atoms with Crippen molar-refractivity contribution in [2.75, 3.05) is 11.9 Å². The molecule has 0 atom stereocenters. The van der Waals surface area contributed by atoms with Crippen molar-refractivity contribution in [2.45, 2.75) is 13.5 Å². The Balaban J connectivity index is 1.94. The molecular formula is C16H16FNO3. The topological polar surface area (TPSA) is 47.6 Å². The lowest BCUT2D eigenvalue weighted by molar-refractivity contribution is 0.168. The van der Waals surface area contributed by atoms with Gasteiger partial charge in [0.2, 0.25) is 0 Å². The number of benzene rings is 2. The van der Waals surface area contributed by atoms with Crippen LogP contribution in [0.4, 0.5) is 14.9 Å². The molecule has 0 heterocycles. The molecule has 1 amide bonds. The first-order valence-corrected chi connectivity index (χ1v) is 6.58. The van der Waals surface area contributed by atoms with Gasteiger partial charge in [0.15, 0.2) is 0 Å². The highest BCUT2D eigenvalue weighted by Crippen LogP contribution is 2.19. The van der Waals surface area contributed by atoms with E-state index in [0.29, 0.717) is 24.7 Å². The van der Waals surface area contributed by atoms with Gasteiger partial charge in [0.05, 0.1) is 6.61 Å². The van der Waals surface area contributed by atoms with Crippen LogP contribution in [0.2, 0.25) is 0 Å². The Morgan fingerprint density at radius 1 is 1.19 bits per heavy atom. The van der Waals surface area contributed by atoms with Crippen LogP contribution in [0.15, 0.2) is 48.5 Å². The molecule has 0 aliphatic heterocycles. The Bertz CT molecular complexity index is 599. The summed E-state index contributed by atoms with van der Waals surface area (Å²) in [5, 5.41) is 2.60. The van der Waals surface area contributed by atoms with E-state index in [1.165, 1.54) is 12.1 Å². The summed E-state index contributed by atoms with van der Waals surface area (Å²) < 4.78 is 23.2. The van der Waals surface area contributed by atoms with Crippen molar-refractivity contribution in [1.29, 1.82) is 0 Å². The molecule has 2 rings (SSSR count). The van der Waals surface area contributed by atoms with Crippen LogP contribution in [-0.4, -0.2) is 12.7 Å². The molecule has 21 heavy (non-hydrogen) atoms. The number of hydrogen-bond acceptors (Lipinski definition) is 3. The number of amides is 1. The maximum Gasteiger partial charge on any atom is 0.411 e. The van der Waals surface area contributed by atoms with E-state index in [9.17, 15) is 9.18 Å². The van der Waals surface area contributed by atoms with Gasteiger partial charge >= 0.3 is 6.09 Å². The number of nitrogens with one attached hydrogen (secondary N) is 1. The van der Waals surface area contributed by atoms with Crippen LogP contribution in [0, 0.1) is 5.82 Å². The van der Waals surface area contributed by atoms with Crippen molar-refractivity contribution < 1.29 is 18.7 Å². The summed E-state index contributed by atoms with van der Waals surface area (Å²) in [5.41, 5.74) is 1.45. The maximum absolute atomic E-state index is 12.8. The fourth-order valence-electron chi connectivity index (χ4n) is 1.70. The van der Waals surface area contributed by atoms with Crippen LogP contribution in [0.3, 0.4) is 0 Å². The van der Waals surface area contributed by atoms with E-state index in [-0.39, 0.29) is 5.82 Å². The summed E-state index contributed by atoms with van der Waals surface area (Å²) in [4.78, 5) is 11.3. The molecule has 2 aromatic rings. The number of rotatable bonds is 5. The molecule has 0 saturated carbocycles. The zero-order chi connectivity index (χ0) is 15.1. The van der Waals surface area contributed by atoms with Crippen molar-refractivity contribution in [3.8, 4) is 5.75 Å². The van der Waals surface area contributed by atoms with Crippen molar-refractivity contribution in [2.24, 2.45) is 0 Å². The first kappa shape index (κ1) is 14.8. The molecule has 2 aromatic carbocycles. The normalized spacial score (nSPS) is 10.0. The number of anilines is 1. The second-order valence-corrected chi connectivity index (χ2v) is 4.29. The van der Waals surface area contributed by atoms with Crippen molar-refractivity contribution in [1.82, 2.24) is 0 Å². The molecule has 0 bridgehead atoms. The van der Waals surface area contributed by atoms with Gasteiger partial charge in [0, 0.05) is 11.8 Å². The van der Waals surface area contributed by atoms with E-state index in [0.717, 1.165) is 5.56 Å². The molecule has 0 aliphatic rings. The molecule has 0 unspecified atom stereocenters. The van der Waals surface area contributed by atoms with Gasteiger partial charge in [-0.15, -0.1) is 0 Å². The van der Waals surface area contributed by atoms with E-state index in [2.05, 4.69) is 5.32 Å². The zero-order valence-electron chi connectivity index (χ0n) is 11.6. The lowest BCUT2D eigenvalue weighted by Gasteiger charge is -2.09. The van der Waals surface area contributed by atoms with E-state index in [1.54, 1.807) is 43.3 Å². The van der Waals surface area contributed by atoms with E-state index in [1.807, 2.05) is 0 Å². The number of ether oxygens (including phenoxy) is 2. The maximum atomic E-state index is 12.8. The molecule has 1 N–H and O–H groups in total. The van der Waals surface area contributed by atoms with Crippen LogP contribution < -0.4 is 10.1 Å². The number of carbonyl (C=O) groups excluding carboxylic acids is 1. The minimum atomic E-state index is -0.506. The predicted octanol–water partition coefficient (Wildman–Crippen LogP) is 3.97. The monoisotopic (exact) mass is 289 g/mol. The molecule has 0 aliphatic carbocycles. The van der Waals surface area contributed by atoms with Gasteiger partial charge in [0.25, 0.3) is 0 Å². The molecule has 5 heteroatoms. The average Bonchev–Trinajstić information content (AvgIpc) is 2.47. The predicted molar refractivity (Wildman–Crippen MR) is 77.8 cm³/mol. The van der Waals surface area contributed by atoms with Crippen molar-refractivity contribution in [3.05, 3.63) is 59.9 Å². The zero-order valence-corrected chi connectivity index (χ0v) is 11.6. The molecular weight excluding hydrogens is 273 g/mol. The van der Waals surface area contributed by atoms with E-state index < -0.39 is 6.09 Å². The quantitative estimate of drug-likeness (QED) is 0.906. The number of halogens is 1. The van der Waals surface area contributed by atoms with Gasteiger partial charge in [-0.2, -0.15) is 0 Å². The fourth-order valence-corrected chi connectivity index (χ4v) is 1.70. The number of hydrogen-bond donors (Lipinski definition) is 1. The smallest absolute Gasteiger partial charge is 0.411 e. The van der Waals surface area contributed by atoms with Crippen LogP contribution in [0.5, 0.6) is 5.75 Å². The van der Waals surface area contributed by atoms with Crippen LogP contribution >= 0.6 is 0 Å². The summed E-state index contributed by atoms with van der Waals surface area (Å²) in [5.74, 6) is 0.327. The molecule has 0 aromatic heterocycles. The third-order valence-electron chi connectivity index (χ3n) is 2.67. The highest BCUT2D eigenvalue weighted by atomic mass is 19.1. The molecule has 0 saturated heterocycles. The summed E-state index contributed by atoms with van der Waals surface area (Å²) in [6.45, 7) is 2.37. The van der Waals surface area contributed by atoms with Crippen molar-refractivity contribution in [3.63, 3.8) is 0 Å². The molecule has 0 fully saturated rings.